The Labute approximate surface area is 160 Å². The van der Waals surface area contributed by atoms with Gasteiger partial charge in [0.1, 0.15) is 6.04 Å². The molecule has 0 spiro atoms. The van der Waals surface area contributed by atoms with Crippen LogP contribution in [0.15, 0.2) is 63.7 Å². The van der Waals surface area contributed by atoms with Crippen molar-refractivity contribution in [1.29, 1.82) is 0 Å². The van der Waals surface area contributed by atoms with E-state index < -0.39 is 22.1 Å². The van der Waals surface area contributed by atoms with Crippen LogP contribution in [0.4, 0.5) is 17.1 Å². The number of aliphatic carboxylic acids is 1. The van der Waals surface area contributed by atoms with Crippen molar-refractivity contribution in [3.05, 3.63) is 48.5 Å². The van der Waals surface area contributed by atoms with Crippen LogP contribution >= 0.6 is 0 Å². The quantitative estimate of drug-likeness (QED) is 0.385. The Morgan fingerprint density at radius 1 is 1.00 bits per heavy atom. The van der Waals surface area contributed by atoms with Gasteiger partial charge >= 0.3 is 5.97 Å². The highest BCUT2D eigenvalue weighted by Gasteiger charge is 2.13. The summed E-state index contributed by atoms with van der Waals surface area (Å²) < 4.78 is 30.9. The molecule has 0 bridgehead atoms. The SMILES string of the molecule is N[C@@H](CCC(=O)Nc1ccc(N=Nc2ccc(S(=O)(=O)O)cc2)cc1)C(=O)O. The summed E-state index contributed by atoms with van der Waals surface area (Å²) in [6.45, 7) is 0. The molecule has 11 heteroatoms. The minimum atomic E-state index is -4.26. The molecule has 0 saturated carbocycles. The molecule has 0 radical (unpaired) electrons. The van der Waals surface area contributed by atoms with Gasteiger partial charge in [-0.15, -0.1) is 0 Å². The predicted octanol–water partition coefficient (Wildman–Crippen LogP) is 2.48. The molecule has 0 aliphatic carbocycles. The summed E-state index contributed by atoms with van der Waals surface area (Å²) in [5, 5.41) is 19.2. The number of nitrogens with one attached hydrogen (secondary N) is 1. The summed E-state index contributed by atoms with van der Waals surface area (Å²) in [6, 6.07) is 10.5. The first-order valence-electron chi connectivity index (χ1n) is 8.03. The van der Waals surface area contributed by atoms with Crippen molar-refractivity contribution in [1.82, 2.24) is 0 Å². The highest BCUT2D eigenvalue weighted by atomic mass is 32.2. The number of carboxylic acid groups (broad SMARTS) is 1. The lowest BCUT2D eigenvalue weighted by atomic mass is 10.1. The average Bonchev–Trinajstić information content (AvgIpc) is 2.65. The lowest BCUT2D eigenvalue weighted by Gasteiger charge is -2.07. The summed E-state index contributed by atoms with van der Waals surface area (Å²) in [6.07, 6.45) is 0.0122. The maximum atomic E-state index is 11.8. The van der Waals surface area contributed by atoms with Crippen molar-refractivity contribution in [2.24, 2.45) is 16.0 Å². The largest absolute Gasteiger partial charge is 0.480 e. The molecule has 1 atom stereocenters. The molecule has 2 aromatic rings. The lowest BCUT2D eigenvalue weighted by molar-refractivity contribution is -0.138. The molecule has 0 heterocycles. The Hall–Kier alpha value is -3.15. The molecule has 5 N–H and O–H groups in total. The van der Waals surface area contributed by atoms with E-state index in [4.69, 9.17) is 15.4 Å². The van der Waals surface area contributed by atoms with Gasteiger partial charge in [0.2, 0.25) is 5.91 Å². The highest BCUT2D eigenvalue weighted by molar-refractivity contribution is 7.85. The van der Waals surface area contributed by atoms with Gasteiger partial charge in [0.05, 0.1) is 16.3 Å². The smallest absolute Gasteiger partial charge is 0.320 e. The molecule has 0 aliphatic rings. The maximum Gasteiger partial charge on any atom is 0.320 e. The minimum Gasteiger partial charge on any atom is -0.480 e. The first kappa shape index (κ1) is 21.2. The molecule has 0 saturated heterocycles. The van der Waals surface area contributed by atoms with E-state index in [9.17, 15) is 18.0 Å². The van der Waals surface area contributed by atoms with Crippen LogP contribution in [0.1, 0.15) is 12.8 Å². The minimum absolute atomic E-state index is 0.0194. The van der Waals surface area contributed by atoms with Crippen LogP contribution in [0.3, 0.4) is 0 Å². The second-order valence-electron chi connectivity index (χ2n) is 5.75. The average molecular weight is 406 g/mol. The molecule has 0 fully saturated rings. The van der Waals surface area contributed by atoms with E-state index in [1.807, 2.05) is 0 Å². The van der Waals surface area contributed by atoms with Gasteiger partial charge in [0.25, 0.3) is 10.1 Å². The number of amides is 1. The van der Waals surface area contributed by atoms with Gasteiger partial charge in [-0.1, -0.05) is 0 Å². The molecule has 2 rings (SSSR count). The maximum absolute atomic E-state index is 11.8. The fourth-order valence-corrected chi connectivity index (χ4v) is 2.53. The van der Waals surface area contributed by atoms with Crippen LogP contribution in [0, 0.1) is 0 Å². The summed E-state index contributed by atoms with van der Waals surface area (Å²) in [7, 11) is -4.26. The van der Waals surface area contributed by atoms with Crippen LogP contribution in [-0.2, 0) is 19.7 Å². The van der Waals surface area contributed by atoms with Gasteiger partial charge < -0.3 is 16.2 Å². The normalized spacial score (nSPS) is 12.6. The Morgan fingerprint density at radius 3 is 1.96 bits per heavy atom. The summed E-state index contributed by atoms with van der Waals surface area (Å²) >= 11 is 0. The van der Waals surface area contributed by atoms with E-state index in [1.54, 1.807) is 24.3 Å². The van der Waals surface area contributed by atoms with E-state index in [0.29, 0.717) is 17.1 Å². The zero-order valence-electron chi connectivity index (χ0n) is 14.5. The number of nitrogens with two attached hydrogens (primary N) is 1. The Bertz CT molecular complexity index is 972. The second kappa shape index (κ2) is 9.17. The molecule has 0 aromatic heterocycles. The van der Waals surface area contributed by atoms with E-state index in [2.05, 4.69) is 15.5 Å². The fraction of sp³-hybridized carbons (Fsp3) is 0.176. The Kier molecular flexibility index (Phi) is 6.93. The third kappa shape index (κ3) is 6.54. The topological polar surface area (TPSA) is 172 Å². The fourth-order valence-electron chi connectivity index (χ4n) is 2.05. The van der Waals surface area contributed by atoms with Gasteiger partial charge in [-0.2, -0.15) is 18.6 Å². The van der Waals surface area contributed by atoms with Crippen LogP contribution < -0.4 is 11.1 Å². The highest BCUT2D eigenvalue weighted by Crippen LogP contribution is 2.21. The van der Waals surface area contributed by atoms with E-state index in [0.717, 1.165) is 0 Å². The molecule has 2 aromatic carbocycles. The van der Waals surface area contributed by atoms with Crippen molar-refractivity contribution < 1.29 is 27.7 Å². The van der Waals surface area contributed by atoms with E-state index in [1.165, 1.54) is 24.3 Å². The van der Waals surface area contributed by atoms with Crippen LogP contribution in [0.25, 0.3) is 0 Å². The summed E-state index contributed by atoms with van der Waals surface area (Å²) in [5.41, 5.74) is 6.73. The summed E-state index contributed by atoms with van der Waals surface area (Å²) in [5.74, 6) is -1.51. The van der Waals surface area contributed by atoms with Crippen LogP contribution in [-0.4, -0.2) is 36.0 Å². The molecule has 0 aliphatic heterocycles. The number of carboxylic acids is 1. The second-order valence-corrected chi connectivity index (χ2v) is 7.17. The molecular weight excluding hydrogens is 388 g/mol. The molecule has 148 valence electrons. The number of benzene rings is 2. The number of hydrogen-bond donors (Lipinski definition) is 4. The number of anilines is 1. The number of hydrogen-bond acceptors (Lipinski definition) is 7. The van der Waals surface area contributed by atoms with E-state index >= 15 is 0 Å². The van der Waals surface area contributed by atoms with Crippen molar-refractivity contribution in [3.8, 4) is 0 Å². The van der Waals surface area contributed by atoms with Crippen molar-refractivity contribution in [2.75, 3.05) is 5.32 Å². The van der Waals surface area contributed by atoms with Gasteiger partial charge in [0, 0.05) is 12.1 Å². The molecule has 1 amide bonds. The molecular formula is C17H18N4O6S. The van der Waals surface area contributed by atoms with Crippen molar-refractivity contribution in [2.45, 2.75) is 23.8 Å². The third-order valence-electron chi connectivity index (χ3n) is 3.57. The number of carbonyl (C=O) groups excluding carboxylic acids is 1. The molecule has 28 heavy (non-hydrogen) atoms. The van der Waals surface area contributed by atoms with Crippen LogP contribution in [0.5, 0.6) is 0 Å². The zero-order valence-corrected chi connectivity index (χ0v) is 15.3. The van der Waals surface area contributed by atoms with Crippen LogP contribution in [0.2, 0.25) is 0 Å². The predicted molar refractivity (Wildman–Crippen MR) is 100 cm³/mol. The van der Waals surface area contributed by atoms with Crippen molar-refractivity contribution in [3.63, 3.8) is 0 Å². The lowest BCUT2D eigenvalue weighted by Crippen LogP contribution is -2.31. The first-order valence-corrected chi connectivity index (χ1v) is 9.47. The standard InChI is InChI=1S/C17H18N4O6S/c18-15(17(23)24)9-10-16(22)19-11-1-3-12(4-2-11)20-21-13-5-7-14(8-6-13)28(25,26)27/h1-8,15H,9-10,18H2,(H,19,22)(H,23,24)(H,25,26,27)/t15-/m0/s1. The molecule has 0 unspecified atom stereocenters. The van der Waals surface area contributed by atoms with Gasteiger partial charge in [-0.3, -0.25) is 14.1 Å². The first-order chi connectivity index (χ1) is 13.1. The number of azo groups is 1. The molecule has 10 nitrogen and oxygen atoms in total. The van der Waals surface area contributed by atoms with Gasteiger partial charge in [0.15, 0.2) is 0 Å². The number of rotatable bonds is 8. The Balaban J connectivity index is 1.92. The summed E-state index contributed by atoms with van der Waals surface area (Å²) in [4.78, 5) is 22.1. The van der Waals surface area contributed by atoms with Gasteiger partial charge in [-0.25, -0.2) is 0 Å². The number of nitrogens with zero attached hydrogens (tertiary/aromatic N) is 2. The zero-order chi connectivity index (χ0) is 20.7. The Morgan fingerprint density at radius 2 is 1.50 bits per heavy atom. The third-order valence-corrected chi connectivity index (χ3v) is 4.43. The monoisotopic (exact) mass is 406 g/mol. The van der Waals surface area contributed by atoms with Gasteiger partial charge in [-0.05, 0) is 55.0 Å². The van der Waals surface area contributed by atoms with E-state index in [-0.39, 0.29) is 23.6 Å². The number of carbonyl (C=O) groups is 2. The van der Waals surface area contributed by atoms with Crippen molar-refractivity contribution >= 4 is 39.1 Å².